The summed E-state index contributed by atoms with van der Waals surface area (Å²) in [4.78, 5) is 38.1. The lowest BCUT2D eigenvalue weighted by Crippen LogP contribution is -2.54. The Bertz CT molecular complexity index is 444. The number of amides is 3. The Morgan fingerprint density at radius 1 is 1.33 bits per heavy atom. The van der Waals surface area contributed by atoms with Gasteiger partial charge in [0.2, 0.25) is 5.91 Å². The summed E-state index contributed by atoms with van der Waals surface area (Å²) in [6, 6.07) is -0.178. The van der Waals surface area contributed by atoms with Crippen molar-refractivity contribution in [2.45, 2.75) is 38.6 Å². The molecular formula is C14H23N3O4. The van der Waals surface area contributed by atoms with Crippen LogP contribution in [-0.4, -0.2) is 65.5 Å². The molecule has 0 radical (unpaired) electrons. The summed E-state index contributed by atoms with van der Waals surface area (Å²) >= 11 is 0. The lowest BCUT2D eigenvalue weighted by Gasteiger charge is -2.38. The van der Waals surface area contributed by atoms with Crippen molar-refractivity contribution in [3.05, 3.63) is 0 Å². The standard InChI is InChI=1S/C14H23N3O4/c1-14(12(19)20)5-7-17(8-6-14)13(21)15-10-3-4-11(18)16(2)9-10/h10H,3-9H2,1-2H3,(H,15,21)(H,19,20). The van der Waals surface area contributed by atoms with Gasteiger partial charge in [0.05, 0.1) is 5.41 Å². The van der Waals surface area contributed by atoms with E-state index in [0.29, 0.717) is 45.3 Å². The van der Waals surface area contributed by atoms with Gasteiger partial charge in [-0.05, 0) is 26.2 Å². The summed E-state index contributed by atoms with van der Waals surface area (Å²) in [5.74, 6) is -0.689. The molecule has 2 saturated heterocycles. The molecule has 0 aromatic rings. The van der Waals surface area contributed by atoms with Gasteiger partial charge < -0.3 is 20.2 Å². The molecule has 1 atom stereocenters. The van der Waals surface area contributed by atoms with Crippen molar-refractivity contribution in [3.8, 4) is 0 Å². The number of nitrogens with zero attached hydrogens (tertiary/aromatic N) is 2. The molecule has 0 aliphatic carbocycles. The highest BCUT2D eigenvalue weighted by molar-refractivity contribution is 5.79. The highest BCUT2D eigenvalue weighted by atomic mass is 16.4. The molecule has 0 aromatic heterocycles. The van der Waals surface area contributed by atoms with E-state index in [1.807, 2.05) is 0 Å². The number of likely N-dealkylation sites (N-methyl/N-ethyl adjacent to an activating group) is 1. The van der Waals surface area contributed by atoms with E-state index in [-0.39, 0.29) is 18.0 Å². The van der Waals surface area contributed by atoms with Crippen LogP contribution < -0.4 is 5.32 Å². The molecule has 0 spiro atoms. The fourth-order valence-electron chi connectivity index (χ4n) is 2.81. The van der Waals surface area contributed by atoms with E-state index in [1.165, 1.54) is 0 Å². The quantitative estimate of drug-likeness (QED) is 0.777. The minimum absolute atomic E-state index is 0.0204. The number of hydrogen-bond donors (Lipinski definition) is 2. The first-order valence-corrected chi connectivity index (χ1v) is 7.34. The maximum Gasteiger partial charge on any atom is 0.317 e. The Labute approximate surface area is 124 Å². The molecule has 2 fully saturated rings. The summed E-state index contributed by atoms with van der Waals surface area (Å²) in [6.07, 6.45) is 2.06. The second kappa shape index (κ2) is 5.91. The van der Waals surface area contributed by atoms with Gasteiger partial charge in [0.25, 0.3) is 0 Å². The van der Waals surface area contributed by atoms with Gasteiger partial charge in [-0.25, -0.2) is 4.79 Å². The first-order chi connectivity index (χ1) is 9.82. The smallest absolute Gasteiger partial charge is 0.317 e. The number of carboxylic acids is 1. The van der Waals surface area contributed by atoms with Gasteiger partial charge in [-0.15, -0.1) is 0 Å². The number of carbonyl (C=O) groups excluding carboxylic acids is 2. The van der Waals surface area contributed by atoms with Crippen LogP contribution in [0.5, 0.6) is 0 Å². The summed E-state index contributed by atoms with van der Waals surface area (Å²) < 4.78 is 0. The van der Waals surface area contributed by atoms with Gasteiger partial charge >= 0.3 is 12.0 Å². The molecule has 2 N–H and O–H groups in total. The molecule has 2 rings (SSSR count). The van der Waals surface area contributed by atoms with E-state index >= 15 is 0 Å². The Hall–Kier alpha value is -1.79. The maximum absolute atomic E-state index is 12.2. The zero-order chi connectivity index (χ0) is 15.6. The van der Waals surface area contributed by atoms with Crippen LogP contribution >= 0.6 is 0 Å². The van der Waals surface area contributed by atoms with Crippen LogP contribution in [0.3, 0.4) is 0 Å². The molecule has 2 aliphatic heterocycles. The molecule has 3 amide bonds. The van der Waals surface area contributed by atoms with Gasteiger partial charge in [0.15, 0.2) is 0 Å². The van der Waals surface area contributed by atoms with E-state index in [0.717, 1.165) is 0 Å². The normalized spacial score (nSPS) is 25.6. The van der Waals surface area contributed by atoms with Crippen LogP contribution in [0, 0.1) is 5.41 Å². The third-order valence-electron chi connectivity index (χ3n) is 4.62. The van der Waals surface area contributed by atoms with Crippen LogP contribution in [-0.2, 0) is 9.59 Å². The molecular weight excluding hydrogens is 274 g/mol. The lowest BCUT2D eigenvalue weighted by atomic mass is 9.80. The molecule has 2 aliphatic rings. The molecule has 7 nitrogen and oxygen atoms in total. The van der Waals surface area contributed by atoms with Gasteiger partial charge in [-0.3, -0.25) is 9.59 Å². The summed E-state index contributed by atoms with van der Waals surface area (Å²) in [7, 11) is 1.74. The summed E-state index contributed by atoms with van der Waals surface area (Å²) in [5.41, 5.74) is -0.728. The molecule has 7 heteroatoms. The zero-order valence-electron chi connectivity index (χ0n) is 12.6. The Balaban J connectivity index is 1.83. The number of urea groups is 1. The predicted octanol–water partition coefficient (Wildman–Crippen LogP) is 0.504. The summed E-state index contributed by atoms with van der Waals surface area (Å²) in [6.45, 7) is 3.17. The number of nitrogens with one attached hydrogen (secondary N) is 1. The van der Waals surface area contributed by atoms with E-state index in [9.17, 15) is 19.5 Å². The molecule has 0 bridgehead atoms. The highest BCUT2D eigenvalue weighted by Crippen LogP contribution is 2.31. The third kappa shape index (κ3) is 3.46. The van der Waals surface area contributed by atoms with E-state index < -0.39 is 11.4 Å². The average molecular weight is 297 g/mol. The zero-order valence-corrected chi connectivity index (χ0v) is 12.6. The van der Waals surface area contributed by atoms with Crippen LogP contribution in [0.4, 0.5) is 4.79 Å². The minimum atomic E-state index is -0.796. The van der Waals surface area contributed by atoms with Crippen LogP contribution in [0.2, 0.25) is 0 Å². The van der Waals surface area contributed by atoms with E-state index in [4.69, 9.17) is 0 Å². The van der Waals surface area contributed by atoms with E-state index in [1.54, 1.807) is 23.8 Å². The molecule has 118 valence electrons. The highest BCUT2D eigenvalue weighted by Gasteiger charge is 2.38. The minimum Gasteiger partial charge on any atom is -0.481 e. The first-order valence-electron chi connectivity index (χ1n) is 7.34. The van der Waals surface area contributed by atoms with Crippen molar-refractivity contribution in [1.82, 2.24) is 15.1 Å². The first kappa shape index (κ1) is 15.6. The number of rotatable bonds is 2. The fraction of sp³-hybridized carbons (Fsp3) is 0.786. The lowest BCUT2D eigenvalue weighted by molar-refractivity contribution is -0.150. The number of carboxylic acid groups (broad SMARTS) is 1. The number of hydrogen-bond acceptors (Lipinski definition) is 3. The van der Waals surface area contributed by atoms with Gasteiger partial charge in [0.1, 0.15) is 0 Å². The van der Waals surface area contributed by atoms with Gasteiger partial charge in [-0.1, -0.05) is 0 Å². The van der Waals surface area contributed by atoms with Crippen LogP contribution in [0.1, 0.15) is 32.6 Å². The average Bonchev–Trinajstić information content (AvgIpc) is 2.43. The maximum atomic E-state index is 12.2. The molecule has 21 heavy (non-hydrogen) atoms. The Kier molecular flexibility index (Phi) is 4.39. The van der Waals surface area contributed by atoms with Crippen molar-refractivity contribution in [1.29, 1.82) is 0 Å². The second-order valence-corrected chi connectivity index (χ2v) is 6.31. The van der Waals surface area contributed by atoms with Crippen LogP contribution in [0.15, 0.2) is 0 Å². The van der Waals surface area contributed by atoms with Crippen molar-refractivity contribution >= 4 is 17.9 Å². The van der Waals surface area contributed by atoms with Crippen molar-refractivity contribution in [2.24, 2.45) is 5.41 Å². The summed E-state index contributed by atoms with van der Waals surface area (Å²) in [5, 5.41) is 12.1. The largest absolute Gasteiger partial charge is 0.481 e. The molecule has 0 saturated carbocycles. The third-order valence-corrected chi connectivity index (χ3v) is 4.62. The Morgan fingerprint density at radius 3 is 2.48 bits per heavy atom. The van der Waals surface area contributed by atoms with Crippen molar-refractivity contribution in [2.75, 3.05) is 26.7 Å². The SMILES string of the molecule is CN1CC(NC(=O)N2CCC(C)(C(=O)O)CC2)CCC1=O. The molecule has 0 aromatic carbocycles. The fourth-order valence-corrected chi connectivity index (χ4v) is 2.81. The number of likely N-dealkylation sites (tertiary alicyclic amines) is 2. The van der Waals surface area contributed by atoms with Gasteiger partial charge in [-0.2, -0.15) is 0 Å². The van der Waals surface area contributed by atoms with Crippen molar-refractivity contribution in [3.63, 3.8) is 0 Å². The second-order valence-electron chi connectivity index (χ2n) is 6.31. The predicted molar refractivity (Wildman–Crippen MR) is 75.7 cm³/mol. The monoisotopic (exact) mass is 297 g/mol. The Morgan fingerprint density at radius 2 is 1.95 bits per heavy atom. The van der Waals surface area contributed by atoms with Crippen LogP contribution in [0.25, 0.3) is 0 Å². The number of aliphatic carboxylic acids is 1. The van der Waals surface area contributed by atoms with Gasteiger partial charge in [0, 0.05) is 39.1 Å². The number of piperidine rings is 2. The molecule has 1 unspecified atom stereocenters. The van der Waals surface area contributed by atoms with E-state index in [2.05, 4.69) is 5.32 Å². The van der Waals surface area contributed by atoms with Crippen molar-refractivity contribution < 1.29 is 19.5 Å². The number of carbonyl (C=O) groups is 3. The molecule has 2 heterocycles. The topological polar surface area (TPSA) is 90.0 Å².